The van der Waals surface area contributed by atoms with Crippen LogP contribution in [0.1, 0.15) is 39.0 Å². The fourth-order valence-electron chi connectivity index (χ4n) is 2.97. The van der Waals surface area contributed by atoms with Crippen LogP contribution >= 0.6 is 0 Å². The van der Waals surface area contributed by atoms with Crippen molar-refractivity contribution in [2.75, 3.05) is 27.2 Å². The first-order valence-corrected chi connectivity index (χ1v) is 7.05. The standard InChI is InChI=1S/C14H28N2O2/c1-11-6-7-12(10-15)13(9-11)16(2)8-4-5-14(17)18-3/h11-13H,4-10,15H2,1-3H3. The van der Waals surface area contributed by atoms with Gasteiger partial charge in [-0.25, -0.2) is 0 Å². The molecule has 1 fully saturated rings. The zero-order chi connectivity index (χ0) is 13.5. The number of hydrogen-bond donors (Lipinski definition) is 1. The van der Waals surface area contributed by atoms with E-state index in [9.17, 15) is 4.79 Å². The van der Waals surface area contributed by atoms with Crippen molar-refractivity contribution < 1.29 is 9.53 Å². The average molecular weight is 256 g/mol. The minimum Gasteiger partial charge on any atom is -0.469 e. The van der Waals surface area contributed by atoms with Crippen molar-refractivity contribution in [1.82, 2.24) is 4.90 Å². The van der Waals surface area contributed by atoms with Crippen LogP contribution in [0.5, 0.6) is 0 Å². The second-order valence-electron chi connectivity index (χ2n) is 5.64. The van der Waals surface area contributed by atoms with Gasteiger partial charge in [0, 0.05) is 12.5 Å². The molecule has 0 heterocycles. The van der Waals surface area contributed by atoms with Crippen molar-refractivity contribution in [2.24, 2.45) is 17.6 Å². The number of esters is 1. The number of rotatable bonds is 6. The van der Waals surface area contributed by atoms with E-state index in [-0.39, 0.29) is 5.97 Å². The van der Waals surface area contributed by atoms with Gasteiger partial charge in [-0.05, 0) is 51.2 Å². The first kappa shape index (κ1) is 15.4. The molecular weight excluding hydrogens is 228 g/mol. The Bertz CT molecular complexity index is 258. The smallest absolute Gasteiger partial charge is 0.305 e. The van der Waals surface area contributed by atoms with Gasteiger partial charge in [0.05, 0.1) is 7.11 Å². The van der Waals surface area contributed by atoms with Gasteiger partial charge in [0.25, 0.3) is 0 Å². The Balaban J connectivity index is 2.37. The topological polar surface area (TPSA) is 55.6 Å². The lowest BCUT2D eigenvalue weighted by Crippen LogP contribution is -2.45. The molecule has 3 unspecified atom stereocenters. The maximum atomic E-state index is 11.1. The van der Waals surface area contributed by atoms with Crippen molar-refractivity contribution in [3.05, 3.63) is 0 Å². The lowest BCUT2D eigenvalue weighted by Gasteiger charge is -2.40. The molecule has 0 aromatic rings. The molecule has 3 atom stereocenters. The van der Waals surface area contributed by atoms with Crippen LogP contribution in [-0.4, -0.2) is 44.2 Å². The molecule has 0 amide bonds. The third-order valence-electron chi connectivity index (χ3n) is 4.21. The lowest BCUT2D eigenvalue weighted by molar-refractivity contribution is -0.140. The zero-order valence-electron chi connectivity index (χ0n) is 12.0. The van der Waals surface area contributed by atoms with Crippen LogP contribution < -0.4 is 5.73 Å². The number of carbonyl (C=O) groups excluding carboxylic acids is 1. The predicted octanol–water partition coefficient (Wildman–Crippen LogP) is 1.63. The van der Waals surface area contributed by atoms with E-state index >= 15 is 0 Å². The van der Waals surface area contributed by atoms with Crippen LogP contribution in [0.15, 0.2) is 0 Å². The lowest BCUT2D eigenvalue weighted by atomic mass is 9.78. The van der Waals surface area contributed by atoms with Gasteiger partial charge in [-0.3, -0.25) is 4.79 Å². The van der Waals surface area contributed by atoms with Crippen LogP contribution in [0.25, 0.3) is 0 Å². The summed E-state index contributed by atoms with van der Waals surface area (Å²) in [7, 11) is 3.60. The van der Waals surface area contributed by atoms with E-state index in [0.29, 0.717) is 18.4 Å². The molecule has 4 heteroatoms. The Morgan fingerprint density at radius 2 is 2.17 bits per heavy atom. The summed E-state index contributed by atoms with van der Waals surface area (Å²) in [5, 5.41) is 0. The summed E-state index contributed by atoms with van der Waals surface area (Å²) < 4.78 is 4.66. The molecule has 18 heavy (non-hydrogen) atoms. The van der Waals surface area contributed by atoms with E-state index in [1.165, 1.54) is 26.4 Å². The first-order chi connectivity index (χ1) is 8.58. The second-order valence-corrected chi connectivity index (χ2v) is 5.64. The number of hydrogen-bond acceptors (Lipinski definition) is 4. The van der Waals surface area contributed by atoms with E-state index in [1.807, 2.05) is 0 Å². The molecule has 0 aromatic carbocycles. The third-order valence-corrected chi connectivity index (χ3v) is 4.21. The Hall–Kier alpha value is -0.610. The van der Waals surface area contributed by atoms with Gasteiger partial charge >= 0.3 is 5.97 Å². The van der Waals surface area contributed by atoms with Gasteiger partial charge < -0.3 is 15.4 Å². The van der Waals surface area contributed by atoms with E-state index in [2.05, 4.69) is 23.6 Å². The first-order valence-electron chi connectivity index (χ1n) is 7.05. The fourth-order valence-corrected chi connectivity index (χ4v) is 2.97. The van der Waals surface area contributed by atoms with Crippen LogP contribution in [-0.2, 0) is 9.53 Å². The number of ether oxygens (including phenoxy) is 1. The summed E-state index contributed by atoms with van der Waals surface area (Å²) in [5.41, 5.74) is 5.87. The van der Waals surface area contributed by atoms with Crippen molar-refractivity contribution in [3.8, 4) is 0 Å². The maximum absolute atomic E-state index is 11.1. The Morgan fingerprint density at radius 1 is 1.44 bits per heavy atom. The Morgan fingerprint density at radius 3 is 2.78 bits per heavy atom. The van der Waals surface area contributed by atoms with E-state index in [1.54, 1.807) is 0 Å². The van der Waals surface area contributed by atoms with Gasteiger partial charge in [-0.2, -0.15) is 0 Å². The number of carbonyl (C=O) groups is 1. The summed E-state index contributed by atoms with van der Waals surface area (Å²) in [6.07, 6.45) is 5.15. The summed E-state index contributed by atoms with van der Waals surface area (Å²) in [5.74, 6) is 1.29. The number of methoxy groups -OCH3 is 1. The highest BCUT2D eigenvalue weighted by Crippen LogP contribution is 2.31. The normalized spacial score (nSPS) is 28.4. The summed E-state index contributed by atoms with van der Waals surface area (Å²) in [6, 6.07) is 0.580. The monoisotopic (exact) mass is 256 g/mol. The molecular formula is C14H28N2O2. The third kappa shape index (κ3) is 4.58. The molecule has 1 aliphatic rings. The molecule has 2 N–H and O–H groups in total. The molecule has 1 aliphatic carbocycles. The molecule has 0 aliphatic heterocycles. The van der Waals surface area contributed by atoms with Gasteiger partial charge in [0.2, 0.25) is 0 Å². The summed E-state index contributed by atoms with van der Waals surface area (Å²) in [6.45, 7) is 4.05. The van der Waals surface area contributed by atoms with E-state index in [0.717, 1.165) is 25.4 Å². The molecule has 106 valence electrons. The highest BCUT2D eigenvalue weighted by molar-refractivity contribution is 5.69. The molecule has 4 nitrogen and oxygen atoms in total. The zero-order valence-corrected chi connectivity index (χ0v) is 12.0. The Kier molecular flexibility index (Phi) is 6.65. The molecule has 0 aromatic heterocycles. The van der Waals surface area contributed by atoms with E-state index < -0.39 is 0 Å². The van der Waals surface area contributed by atoms with Crippen LogP contribution in [0.2, 0.25) is 0 Å². The highest BCUT2D eigenvalue weighted by atomic mass is 16.5. The largest absolute Gasteiger partial charge is 0.469 e. The minimum atomic E-state index is -0.115. The van der Waals surface area contributed by atoms with E-state index in [4.69, 9.17) is 5.73 Å². The summed E-state index contributed by atoms with van der Waals surface area (Å²) in [4.78, 5) is 13.5. The van der Waals surface area contributed by atoms with Gasteiger partial charge in [-0.15, -0.1) is 0 Å². The van der Waals surface area contributed by atoms with Crippen molar-refractivity contribution >= 4 is 5.97 Å². The van der Waals surface area contributed by atoms with Crippen molar-refractivity contribution in [3.63, 3.8) is 0 Å². The summed E-state index contributed by atoms with van der Waals surface area (Å²) >= 11 is 0. The molecule has 0 spiro atoms. The van der Waals surface area contributed by atoms with Crippen molar-refractivity contribution in [1.29, 1.82) is 0 Å². The molecule has 0 radical (unpaired) electrons. The average Bonchev–Trinajstić information content (AvgIpc) is 2.38. The van der Waals surface area contributed by atoms with Gasteiger partial charge in [0.1, 0.15) is 0 Å². The van der Waals surface area contributed by atoms with Crippen LogP contribution in [0.4, 0.5) is 0 Å². The Labute approximate surface area is 111 Å². The molecule has 0 saturated heterocycles. The highest BCUT2D eigenvalue weighted by Gasteiger charge is 2.30. The fraction of sp³-hybridized carbons (Fsp3) is 0.929. The van der Waals surface area contributed by atoms with Gasteiger partial charge in [0.15, 0.2) is 0 Å². The number of nitrogens with zero attached hydrogens (tertiary/aromatic N) is 1. The van der Waals surface area contributed by atoms with Crippen molar-refractivity contribution in [2.45, 2.75) is 45.1 Å². The van der Waals surface area contributed by atoms with Crippen LogP contribution in [0, 0.1) is 11.8 Å². The predicted molar refractivity (Wildman–Crippen MR) is 73.2 cm³/mol. The maximum Gasteiger partial charge on any atom is 0.305 e. The second kappa shape index (κ2) is 7.74. The number of nitrogens with two attached hydrogens (primary N) is 1. The quantitative estimate of drug-likeness (QED) is 0.734. The molecule has 0 bridgehead atoms. The van der Waals surface area contributed by atoms with Crippen LogP contribution in [0.3, 0.4) is 0 Å². The minimum absolute atomic E-state index is 0.115. The SMILES string of the molecule is COC(=O)CCCN(C)C1CC(C)CCC1CN. The molecule has 1 rings (SSSR count). The molecule has 1 saturated carbocycles. The van der Waals surface area contributed by atoms with Gasteiger partial charge in [-0.1, -0.05) is 13.3 Å².